The standard InChI is InChI=1S/C4H8NO2/c1-2-6-4-5-7-3-1/h1,5H,2-4H2. The highest BCUT2D eigenvalue weighted by atomic mass is 16.7. The maximum Gasteiger partial charge on any atom is 0.119 e. The van der Waals surface area contributed by atoms with E-state index in [1.807, 2.05) is 6.42 Å². The number of hydroxylamine groups is 1. The van der Waals surface area contributed by atoms with Gasteiger partial charge in [-0.05, 0) is 0 Å². The molecule has 0 spiro atoms. The van der Waals surface area contributed by atoms with Crippen LogP contribution < -0.4 is 5.48 Å². The normalized spacial score (nSPS) is 24.0. The predicted octanol–water partition coefficient (Wildman–Crippen LogP) is -0.300. The molecule has 0 saturated carbocycles. The number of hydrogen-bond donors (Lipinski definition) is 1. The monoisotopic (exact) mass is 102 g/mol. The summed E-state index contributed by atoms with van der Waals surface area (Å²) in [6, 6.07) is 0. The van der Waals surface area contributed by atoms with E-state index in [1.165, 1.54) is 0 Å². The second kappa shape index (κ2) is 2.96. The quantitative estimate of drug-likeness (QED) is 0.455. The molecule has 1 heterocycles. The third-order valence-electron chi connectivity index (χ3n) is 0.700. The van der Waals surface area contributed by atoms with E-state index >= 15 is 0 Å². The molecule has 0 aromatic carbocycles. The van der Waals surface area contributed by atoms with Crippen molar-refractivity contribution in [2.24, 2.45) is 0 Å². The van der Waals surface area contributed by atoms with Gasteiger partial charge in [0.1, 0.15) is 6.73 Å². The Hall–Kier alpha value is -0.120. The molecule has 0 atom stereocenters. The molecule has 7 heavy (non-hydrogen) atoms. The molecule has 0 aliphatic carbocycles. The molecule has 1 fully saturated rings. The van der Waals surface area contributed by atoms with Crippen molar-refractivity contribution in [3.8, 4) is 0 Å². The molecule has 3 heteroatoms. The Bertz CT molecular complexity index is 29.3. The zero-order chi connectivity index (χ0) is 4.95. The van der Waals surface area contributed by atoms with Crippen LogP contribution in [0.5, 0.6) is 0 Å². The summed E-state index contributed by atoms with van der Waals surface area (Å²) in [6.45, 7) is 1.82. The van der Waals surface area contributed by atoms with Crippen LogP contribution in [0.2, 0.25) is 0 Å². The Morgan fingerprint density at radius 3 is 3.43 bits per heavy atom. The number of rotatable bonds is 0. The van der Waals surface area contributed by atoms with Crippen molar-refractivity contribution in [1.82, 2.24) is 5.48 Å². The van der Waals surface area contributed by atoms with Crippen LogP contribution in [0.4, 0.5) is 0 Å². The zero-order valence-corrected chi connectivity index (χ0v) is 4.02. The fraction of sp³-hybridized carbons (Fsp3) is 0.750. The first-order valence-electron chi connectivity index (χ1n) is 2.24. The number of nitrogens with one attached hydrogen (secondary N) is 1. The van der Waals surface area contributed by atoms with Crippen LogP contribution in [0.15, 0.2) is 0 Å². The average molecular weight is 102 g/mol. The van der Waals surface area contributed by atoms with Gasteiger partial charge in [-0.15, -0.1) is 0 Å². The maximum atomic E-state index is 4.90. The van der Waals surface area contributed by atoms with Crippen LogP contribution in [-0.2, 0) is 9.57 Å². The van der Waals surface area contributed by atoms with Crippen molar-refractivity contribution in [2.75, 3.05) is 19.9 Å². The fourth-order valence-electron chi connectivity index (χ4n) is 0.392. The highest BCUT2D eigenvalue weighted by molar-refractivity contribution is 4.61. The minimum absolute atomic E-state index is 0.497. The van der Waals surface area contributed by atoms with E-state index in [2.05, 4.69) is 5.48 Å². The van der Waals surface area contributed by atoms with E-state index in [1.54, 1.807) is 0 Å². The molecule has 0 aromatic rings. The molecule has 1 rings (SSSR count). The summed E-state index contributed by atoms with van der Waals surface area (Å²) in [7, 11) is 0. The molecule has 0 aromatic heterocycles. The van der Waals surface area contributed by atoms with Crippen molar-refractivity contribution < 1.29 is 9.57 Å². The van der Waals surface area contributed by atoms with Crippen LogP contribution in [0.25, 0.3) is 0 Å². The van der Waals surface area contributed by atoms with Gasteiger partial charge in [-0.3, -0.25) is 4.84 Å². The summed E-state index contributed by atoms with van der Waals surface area (Å²) in [4.78, 5) is 4.76. The first kappa shape index (κ1) is 5.03. The molecule has 0 unspecified atom stereocenters. The highest BCUT2D eigenvalue weighted by Gasteiger charge is 1.94. The molecular formula is C4H8NO2. The van der Waals surface area contributed by atoms with Gasteiger partial charge in [-0.25, -0.2) is 0 Å². The topological polar surface area (TPSA) is 30.5 Å². The van der Waals surface area contributed by atoms with Crippen molar-refractivity contribution in [2.45, 2.75) is 0 Å². The Labute approximate surface area is 42.6 Å². The average Bonchev–Trinajstić information content (AvgIpc) is 1.90. The molecule has 1 radical (unpaired) electrons. The van der Waals surface area contributed by atoms with Crippen LogP contribution >= 0.6 is 0 Å². The van der Waals surface area contributed by atoms with E-state index < -0.39 is 0 Å². The van der Waals surface area contributed by atoms with E-state index in [9.17, 15) is 0 Å². The summed E-state index contributed by atoms with van der Waals surface area (Å²) in [5.41, 5.74) is 2.59. The number of ether oxygens (including phenoxy) is 1. The highest BCUT2D eigenvalue weighted by Crippen LogP contribution is 1.84. The van der Waals surface area contributed by atoms with Gasteiger partial charge in [-0.1, -0.05) is 0 Å². The zero-order valence-electron chi connectivity index (χ0n) is 4.02. The van der Waals surface area contributed by atoms with Crippen molar-refractivity contribution >= 4 is 0 Å². The largest absolute Gasteiger partial charge is 0.364 e. The SMILES string of the molecule is [CH]1COCNOC1. The predicted molar refractivity (Wildman–Crippen MR) is 24.2 cm³/mol. The molecule has 0 bridgehead atoms. The van der Waals surface area contributed by atoms with Gasteiger partial charge >= 0.3 is 0 Å². The Kier molecular flexibility index (Phi) is 2.12. The lowest BCUT2D eigenvalue weighted by Crippen LogP contribution is -2.14. The van der Waals surface area contributed by atoms with E-state index in [0.29, 0.717) is 19.9 Å². The van der Waals surface area contributed by atoms with Crippen molar-refractivity contribution in [1.29, 1.82) is 0 Å². The van der Waals surface area contributed by atoms with Gasteiger partial charge in [0.15, 0.2) is 0 Å². The lowest BCUT2D eigenvalue weighted by atomic mass is 10.5. The third-order valence-corrected chi connectivity index (χ3v) is 0.700. The van der Waals surface area contributed by atoms with Crippen LogP contribution in [-0.4, -0.2) is 19.9 Å². The Balaban J connectivity index is 2.04. The van der Waals surface area contributed by atoms with E-state index in [0.717, 1.165) is 0 Å². The Morgan fingerprint density at radius 2 is 2.43 bits per heavy atom. The molecular weight excluding hydrogens is 94.0 g/mol. The van der Waals surface area contributed by atoms with E-state index in [-0.39, 0.29) is 0 Å². The van der Waals surface area contributed by atoms with Gasteiger partial charge in [0.05, 0.1) is 13.2 Å². The van der Waals surface area contributed by atoms with Crippen LogP contribution in [0, 0.1) is 6.42 Å². The molecule has 1 N–H and O–H groups in total. The molecule has 1 aliphatic heterocycles. The summed E-state index contributed by atoms with van der Waals surface area (Å²) >= 11 is 0. The summed E-state index contributed by atoms with van der Waals surface area (Å²) in [5, 5.41) is 0. The van der Waals surface area contributed by atoms with Gasteiger partial charge in [0.25, 0.3) is 0 Å². The van der Waals surface area contributed by atoms with Gasteiger partial charge < -0.3 is 4.74 Å². The van der Waals surface area contributed by atoms with E-state index in [4.69, 9.17) is 9.57 Å². The third kappa shape index (κ3) is 1.87. The lowest BCUT2D eigenvalue weighted by Gasteiger charge is -1.94. The second-order valence-corrected chi connectivity index (χ2v) is 1.26. The molecule has 0 amide bonds. The summed E-state index contributed by atoms with van der Waals surface area (Å²) < 4.78 is 4.90. The van der Waals surface area contributed by atoms with Crippen LogP contribution in [0.1, 0.15) is 0 Å². The second-order valence-electron chi connectivity index (χ2n) is 1.26. The fourth-order valence-corrected chi connectivity index (χ4v) is 0.392. The minimum Gasteiger partial charge on any atom is -0.364 e. The molecule has 41 valence electrons. The van der Waals surface area contributed by atoms with Gasteiger partial charge in [0.2, 0.25) is 0 Å². The van der Waals surface area contributed by atoms with Gasteiger partial charge in [0, 0.05) is 6.42 Å². The van der Waals surface area contributed by atoms with Gasteiger partial charge in [-0.2, -0.15) is 5.48 Å². The number of hydrogen-bond acceptors (Lipinski definition) is 3. The summed E-state index contributed by atoms with van der Waals surface area (Å²) in [5.74, 6) is 0. The Morgan fingerprint density at radius 1 is 1.43 bits per heavy atom. The van der Waals surface area contributed by atoms with Crippen LogP contribution in [0.3, 0.4) is 0 Å². The smallest absolute Gasteiger partial charge is 0.119 e. The first-order chi connectivity index (χ1) is 3.50. The minimum atomic E-state index is 0.497. The van der Waals surface area contributed by atoms with Crippen molar-refractivity contribution in [3.63, 3.8) is 0 Å². The summed E-state index contributed by atoms with van der Waals surface area (Å²) in [6.07, 6.45) is 1.92. The lowest BCUT2D eigenvalue weighted by molar-refractivity contribution is 0.0102. The maximum absolute atomic E-state index is 4.90. The molecule has 3 nitrogen and oxygen atoms in total. The molecule has 1 aliphatic rings. The molecule has 1 saturated heterocycles. The van der Waals surface area contributed by atoms with Crippen molar-refractivity contribution in [3.05, 3.63) is 6.42 Å². The first-order valence-corrected chi connectivity index (χ1v) is 2.24.